The Labute approximate surface area is 105 Å². The summed E-state index contributed by atoms with van der Waals surface area (Å²) in [6.07, 6.45) is 9.15. The monoisotopic (exact) mass is 238 g/mol. The Morgan fingerprint density at radius 3 is 2.41 bits per heavy atom. The van der Waals surface area contributed by atoms with Crippen molar-refractivity contribution in [1.82, 2.24) is 9.80 Å². The first kappa shape index (κ1) is 12.9. The second kappa shape index (κ2) is 5.85. The van der Waals surface area contributed by atoms with Crippen LogP contribution in [0.15, 0.2) is 0 Å². The molecule has 1 saturated carbocycles. The van der Waals surface area contributed by atoms with E-state index in [0.717, 1.165) is 19.0 Å². The summed E-state index contributed by atoms with van der Waals surface area (Å²) in [5.74, 6) is 0.575. The summed E-state index contributed by atoms with van der Waals surface area (Å²) in [7, 11) is 3.75. The zero-order valence-corrected chi connectivity index (χ0v) is 11.3. The lowest BCUT2D eigenvalue weighted by molar-refractivity contribution is -0.135. The highest BCUT2D eigenvalue weighted by Crippen LogP contribution is 2.27. The fraction of sp³-hybridized carbons (Fsp3) is 0.929. The van der Waals surface area contributed by atoms with Gasteiger partial charge in [-0.25, -0.2) is 0 Å². The fourth-order valence-corrected chi connectivity index (χ4v) is 3.35. The molecule has 1 heterocycles. The number of piperidine rings is 1. The van der Waals surface area contributed by atoms with Crippen molar-refractivity contribution in [2.75, 3.05) is 27.2 Å². The molecule has 0 aromatic rings. The second-order valence-electron chi connectivity index (χ2n) is 5.86. The van der Waals surface area contributed by atoms with Crippen molar-refractivity contribution in [3.8, 4) is 0 Å². The molecular formula is C14H26N2O. The van der Waals surface area contributed by atoms with Gasteiger partial charge in [-0.1, -0.05) is 19.3 Å². The topological polar surface area (TPSA) is 23.6 Å². The highest BCUT2D eigenvalue weighted by atomic mass is 16.2. The van der Waals surface area contributed by atoms with E-state index in [2.05, 4.69) is 4.90 Å². The Morgan fingerprint density at radius 2 is 1.76 bits per heavy atom. The number of likely N-dealkylation sites (tertiary alicyclic amines) is 1. The van der Waals surface area contributed by atoms with Crippen LogP contribution >= 0.6 is 0 Å². The first-order valence-electron chi connectivity index (χ1n) is 7.13. The molecule has 1 amide bonds. The normalized spacial score (nSPS) is 28.0. The van der Waals surface area contributed by atoms with E-state index in [1.165, 1.54) is 45.1 Å². The maximum Gasteiger partial charge on any atom is 0.226 e. The van der Waals surface area contributed by atoms with E-state index in [-0.39, 0.29) is 5.92 Å². The van der Waals surface area contributed by atoms with Crippen LogP contribution in [0.4, 0.5) is 0 Å². The van der Waals surface area contributed by atoms with Gasteiger partial charge >= 0.3 is 0 Å². The predicted octanol–water partition coefficient (Wildman–Crippen LogP) is 2.12. The third kappa shape index (κ3) is 3.21. The van der Waals surface area contributed by atoms with Crippen molar-refractivity contribution < 1.29 is 4.79 Å². The molecule has 3 heteroatoms. The third-order valence-corrected chi connectivity index (χ3v) is 4.33. The fourth-order valence-electron chi connectivity index (χ4n) is 3.35. The predicted molar refractivity (Wildman–Crippen MR) is 69.9 cm³/mol. The molecule has 1 aliphatic carbocycles. The minimum atomic E-state index is 0.251. The van der Waals surface area contributed by atoms with Gasteiger partial charge < -0.3 is 4.90 Å². The lowest BCUT2D eigenvalue weighted by Crippen LogP contribution is -2.47. The highest BCUT2D eigenvalue weighted by molar-refractivity contribution is 5.78. The molecule has 0 unspecified atom stereocenters. The largest absolute Gasteiger partial charge is 0.349 e. The quantitative estimate of drug-likeness (QED) is 0.735. The summed E-state index contributed by atoms with van der Waals surface area (Å²) in [5.41, 5.74) is 0. The highest BCUT2D eigenvalue weighted by Gasteiger charge is 2.30. The van der Waals surface area contributed by atoms with Crippen LogP contribution in [0.5, 0.6) is 0 Å². The minimum Gasteiger partial charge on any atom is -0.349 e. The van der Waals surface area contributed by atoms with Crippen molar-refractivity contribution in [3.05, 3.63) is 0 Å². The Hall–Kier alpha value is -0.570. The van der Waals surface area contributed by atoms with Gasteiger partial charge in [0.25, 0.3) is 0 Å². The van der Waals surface area contributed by atoms with E-state index in [0.29, 0.717) is 5.91 Å². The molecule has 1 aliphatic heterocycles. The standard InChI is InChI=1S/C14H26N2O/c1-15(2)14(17)12-7-6-10-16(11-12)13-8-4-3-5-9-13/h12-13H,3-11H2,1-2H3/t12-/m0/s1. The lowest BCUT2D eigenvalue weighted by atomic mass is 9.90. The van der Waals surface area contributed by atoms with E-state index in [1.807, 2.05) is 14.1 Å². The van der Waals surface area contributed by atoms with Crippen LogP contribution in [0.25, 0.3) is 0 Å². The zero-order chi connectivity index (χ0) is 12.3. The molecule has 0 bridgehead atoms. The molecule has 98 valence electrons. The van der Waals surface area contributed by atoms with Crippen molar-refractivity contribution >= 4 is 5.91 Å². The van der Waals surface area contributed by atoms with Crippen LogP contribution in [0, 0.1) is 5.92 Å². The van der Waals surface area contributed by atoms with E-state index in [9.17, 15) is 4.79 Å². The summed E-state index contributed by atoms with van der Waals surface area (Å²) in [6, 6.07) is 0.765. The number of nitrogens with zero attached hydrogens (tertiary/aromatic N) is 2. The second-order valence-corrected chi connectivity index (χ2v) is 5.86. The molecular weight excluding hydrogens is 212 g/mol. The van der Waals surface area contributed by atoms with Gasteiger partial charge in [0.05, 0.1) is 5.92 Å². The van der Waals surface area contributed by atoms with E-state index in [4.69, 9.17) is 0 Å². The van der Waals surface area contributed by atoms with Crippen molar-refractivity contribution in [1.29, 1.82) is 0 Å². The molecule has 0 aromatic carbocycles. The van der Waals surface area contributed by atoms with Gasteiger partial charge in [-0.2, -0.15) is 0 Å². The Balaban J connectivity index is 1.89. The molecule has 2 fully saturated rings. The molecule has 0 aromatic heterocycles. The zero-order valence-electron chi connectivity index (χ0n) is 11.3. The number of amides is 1. The summed E-state index contributed by atoms with van der Waals surface area (Å²) in [6.45, 7) is 2.21. The molecule has 2 rings (SSSR count). The van der Waals surface area contributed by atoms with Gasteiger partial charge in [0, 0.05) is 26.7 Å². The molecule has 3 nitrogen and oxygen atoms in total. The van der Waals surface area contributed by atoms with Gasteiger partial charge in [-0.3, -0.25) is 9.69 Å². The maximum absolute atomic E-state index is 12.0. The molecule has 0 N–H and O–H groups in total. The van der Waals surface area contributed by atoms with Crippen LogP contribution in [0.3, 0.4) is 0 Å². The first-order valence-corrected chi connectivity index (χ1v) is 7.13. The van der Waals surface area contributed by atoms with Crippen LogP contribution < -0.4 is 0 Å². The van der Waals surface area contributed by atoms with Crippen molar-refractivity contribution in [2.45, 2.75) is 51.0 Å². The molecule has 2 aliphatic rings. The van der Waals surface area contributed by atoms with Crippen LogP contribution in [-0.4, -0.2) is 48.9 Å². The van der Waals surface area contributed by atoms with E-state index >= 15 is 0 Å². The van der Waals surface area contributed by atoms with Gasteiger partial charge in [0.1, 0.15) is 0 Å². The molecule has 0 spiro atoms. The van der Waals surface area contributed by atoms with E-state index in [1.54, 1.807) is 4.90 Å². The molecule has 0 radical (unpaired) electrons. The van der Waals surface area contributed by atoms with Crippen molar-refractivity contribution in [2.24, 2.45) is 5.92 Å². The summed E-state index contributed by atoms with van der Waals surface area (Å²) < 4.78 is 0. The number of hydrogen-bond donors (Lipinski definition) is 0. The smallest absolute Gasteiger partial charge is 0.226 e. The summed E-state index contributed by atoms with van der Waals surface area (Å²) in [5, 5.41) is 0. The van der Waals surface area contributed by atoms with Gasteiger partial charge in [-0.05, 0) is 32.2 Å². The Bertz CT molecular complexity index is 259. The molecule has 17 heavy (non-hydrogen) atoms. The number of hydrogen-bond acceptors (Lipinski definition) is 2. The average molecular weight is 238 g/mol. The van der Waals surface area contributed by atoms with E-state index < -0.39 is 0 Å². The lowest BCUT2D eigenvalue weighted by Gasteiger charge is -2.40. The number of rotatable bonds is 2. The van der Waals surface area contributed by atoms with Crippen LogP contribution in [0.2, 0.25) is 0 Å². The third-order valence-electron chi connectivity index (χ3n) is 4.33. The van der Waals surface area contributed by atoms with Gasteiger partial charge in [0.2, 0.25) is 5.91 Å². The first-order chi connectivity index (χ1) is 8.18. The van der Waals surface area contributed by atoms with Crippen LogP contribution in [-0.2, 0) is 4.79 Å². The number of carbonyl (C=O) groups is 1. The van der Waals surface area contributed by atoms with Crippen LogP contribution in [0.1, 0.15) is 44.9 Å². The van der Waals surface area contributed by atoms with Crippen molar-refractivity contribution in [3.63, 3.8) is 0 Å². The summed E-state index contributed by atoms with van der Waals surface area (Å²) in [4.78, 5) is 16.4. The SMILES string of the molecule is CN(C)C(=O)[C@H]1CCCN(C2CCCCC2)C1. The minimum absolute atomic E-state index is 0.251. The summed E-state index contributed by atoms with van der Waals surface area (Å²) >= 11 is 0. The van der Waals surface area contributed by atoms with Gasteiger partial charge in [-0.15, -0.1) is 0 Å². The Kier molecular flexibility index (Phi) is 4.43. The molecule has 1 atom stereocenters. The van der Waals surface area contributed by atoms with Gasteiger partial charge in [0.15, 0.2) is 0 Å². The maximum atomic E-state index is 12.0. The average Bonchev–Trinajstić information content (AvgIpc) is 2.39. The number of carbonyl (C=O) groups excluding carboxylic acids is 1. The molecule has 1 saturated heterocycles. The Morgan fingerprint density at radius 1 is 1.06 bits per heavy atom.